The maximum atomic E-state index is 13.9. The van der Waals surface area contributed by atoms with Crippen molar-refractivity contribution in [1.29, 1.82) is 0 Å². The van der Waals surface area contributed by atoms with E-state index in [-0.39, 0.29) is 17.8 Å². The average Bonchev–Trinajstić information content (AvgIpc) is 3.57. The number of carbonyl (C=O) groups is 4. The van der Waals surface area contributed by atoms with Crippen LogP contribution in [0.15, 0.2) is 0 Å². The first-order valence-corrected chi connectivity index (χ1v) is 16.9. The van der Waals surface area contributed by atoms with Crippen LogP contribution in [0.25, 0.3) is 0 Å². The van der Waals surface area contributed by atoms with E-state index < -0.39 is 107 Å². The van der Waals surface area contributed by atoms with Crippen LogP contribution < -0.4 is 0 Å². The van der Waals surface area contributed by atoms with Crippen LogP contribution >= 0.6 is 0 Å². The van der Waals surface area contributed by atoms with E-state index in [9.17, 15) is 49.7 Å². The zero-order chi connectivity index (χ0) is 32.7. The Morgan fingerprint density at radius 2 is 1.56 bits per heavy atom. The molecular weight excluding hydrogens is 632 g/mol. The van der Waals surface area contributed by atoms with Gasteiger partial charge in [-0.15, -0.1) is 0 Å². The minimum atomic E-state index is -6.68. The summed E-state index contributed by atoms with van der Waals surface area (Å²) in [6, 6.07) is 0. The van der Waals surface area contributed by atoms with Crippen molar-refractivity contribution in [3.05, 3.63) is 0 Å². The van der Waals surface area contributed by atoms with Crippen molar-refractivity contribution in [1.82, 2.24) is 0 Å². The molecule has 0 radical (unpaired) electrons. The SMILES string of the molecule is CCC1(OC(=O)C2C3CC4C(OC(=O)C42)C3OC(=O)CCC(=O)OCCC(F)(F)C(F)(F)S(=O)(=O)[O-])C2CC3CC(C2)CC1C3. The summed E-state index contributed by atoms with van der Waals surface area (Å²) in [6.45, 7) is 0.688. The lowest BCUT2D eigenvalue weighted by atomic mass is 9.49. The van der Waals surface area contributed by atoms with E-state index in [4.69, 9.17) is 14.2 Å². The van der Waals surface area contributed by atoms with E-state index in [1.807, 2.05) is 6.92 Å². The Labute approximate surface area is 256 Å². The quantitative estimate of drug-likeness (QED) is 0.130. The van der Waals surface area contributed by atoms with Gasteiger partial charge >= 0.3 is 35.1 Å². The number of hydrogen-bond acceptors (Lipinski definition) is 11. The lowest BCUT2D eigenvalue weighted by Crippen LogP contribution is -2.60. The maximum Gasteiger partial charge on any atom is 0.396 e. The molecule has 7 rings (SSSR count). The van der Waals surface area contributed by atoms with Crippen LogP contribution in [-0.2, 0) is 48.2 Å². The third kappa shape index (κ3) is 5.21. The number of rotatable bonds is 12. The third-order valence-electron chi connectivity index (χ3n) is 11.4. The van der Waals surface area contributed by atoms with Crippen molar-refractivity contribution in [2.24, 2.45) is 47.3 Å². The highest BCUT2D eigenvalue weighted by molar-refractivity contribution is 7.86. The van der Waals surface area contributed by atoms with Gasteiger partial charge in [-0.1, -0.05) is 6.92 Å². The highest BCUT2D eigenvalue weighted by Gasteiger charge is 2.71. The van der Waals surface area contributed by atoms with Crippen molar-refractivity contribution >= 4 is 34.0 Å². The van der Waals surface area contributed by atoms with Crippen molar-refractivity contribution in [3.8, 4) is 0 Å². The summed E-state index contributed by atoms with van der Waals surface area (Å²) in [7, 11) is -6.68. The molecule has 1 heterocycles. The van der Waals surface area contributed by atoms with Crippen LogP contribution in [0.2, 0.25) is 0 Å². The predicted molar refractivity (Wildman–Crippen MR) is 139 cm³/mol. The molecule has 7 aliphatic rings. The van der Waals surface area contributed by atoms with Gasteiger partial charge in [-0.3, -0.25) is 19.2 Å². The van der Waals surface area contributed by atoms with E-state index in [1.165, 1.54) is 6.42 Å². The zero-order valence-electron chi connectivity index (χ0n) is 24.5. The van der Waals surface area contributed by atoms with Crippen molar-refractivity contribution in [2.75, 3.05) is 6.61 Å². The first-order chi connectivity index (χ1) is 21.0. The van der Waals surface area contributed by atoms with Crippen molar-refractivity contribution in [2.45, 2.75) is 100 Å². The normalized spacial score (nSPS) is 39.6. The fourth-order valence-corrected chi connectivity index (χ4v) is 10.1. The topological polar surface area (TPSA) is 162 Å². The maximum absolute atomic E-state index is 13.9. The lowest BCUT2D eigenvalue weighted by Gasteiger charge is -2.60. The molecule has 1 aliphatic heterocycles. The number of esters is 4. The third-order valence-corrected chi connectivity index (χ3v) is 12.3. The Bertz CT molecular complexity index is 1340. The number of halogens is 4. The van der Waals surface area contributed by atoms with Crippen LogP contribution in [0.3, 0.4) is 0 Å². The molecule has 1 saturated heterocycles. The fraction of sp³-hybridized carbons (Fsp3) is 0.862. The van der Waals surface area contributed by atoms with Gasteiger partial charge in [-0.2, -0.15) is 17.6 Å². The molecule has 6 saturated carbocycles. The second kappa shape index (κ2) is 11.1. The highest BCUT2D eigenvalue weighted by atomic mass is 32.2. The van der Waals surface area contributed by atoms with Gasteiger partial charge in [0.25, 0.3) is 0 Å². The number of alkyl halides is 4. The molecule has 6 atom stereocenters. The molecule has 6 aliphatic carbocycles. The molecule has 11 nitrogen and oxygen atoms in total. The van der Waals surface area contributed by atoms with Crippen LogP contribution in [-0.4, -0.2) is 72.4 Å². The van der Waals surface area contributed by atoms with E-state index in [2.05, 4.69) is 4.74 Å². The molecule has 0 aromatic rings. The monoisotopic (exact) mass is 667 g/mol. The van der Waals surface area contributed by atoms with Gasteiger partial charge in [0.1, 0.15) is 17.8 Å². The second-order valence-electron chi connectivity index (χ2n) is 13.7. The summed E-state index contributed by atoms with van der Waals surface area (Å²) in [5, 5.41) is -5.91. The molecule has 0 N–H and O–H groups in total. The lowest BCUT2D eigenvalue weighted by molar-refractivity contribution is -0.218. The van der Waals surface area contributed by atoms with E-state index in [0.717, 1.165) is 25.7 Å². The summed E-state index contributed by atoms with van der Waals surface area (Å²) in [4.78, 5) is 51.3. The van der Waals surface area contributed by atoms with Crippen molar-refractivity contribution < 1.29 is 68.7 Å². The fourth-order valence-electron chi connectivity index (χ4n) is 9.63. The highest BCUT2D eigenvalue weighted by Crippen LogP contribution is 2.63. The van der Waals surface area contributed by atoms with Crippen LogP contribution in [0, 0.1) is 47.3 Å². The van der Waals surface area contributed by atoms with Gasteiger partial charge in [0.2, 0.25) is 0 Å². The molecule has 6 unspecified atom stereocenters. The Kier molecular flexibility index (Phi) is 7.97. The van der Waals surface area contributed by atoms with E-state index in [0.29, 0.717) is 24.7 Å². The van der Waals surface area contributed by atoms with E-state index >= 15 is 0 Å². The van der Waals surface area contributed by atoms with E-state index in [1.54, 1.807) is 0 Å². The minimum absolute atomic E-state index is 0.278. The number of hydrogen-bond donors (Lipinski definition) is 0. The van der Waals surface area contributed by atoms with Crippen LogP contribution in [0.1, 0.15) is 71.1 Å². The molecule has 0 aromatic carbocycles. The zero-order valence-corrected chi connectivity index (χ0v) is 25.3. The molecule has 0 amide bonds. The molecule has 7 fully saturated rings. The Hall–Kier alpha value is -2.49. The minimum Gasteiger partial charge on any atom is -0.743 e. The van der Waals surface area contributed by atoms with Gasteiger partial charge in [-0.25, -0.2) is 8.42 Å². The summed E-state index contributed by atoms with van der Waals surface area (Å²) in [6.07, 6.45) is 1.48. The number of carbonyl (C=O) groups excluding carboxylic acids is 4. The summed E-state index contributed by atoms with van der Waals surface area (Å²) < 4.78 is 107. The first kappa shape index (κ1) is 32.5. The standard InChI is InChI=1S/C29H36F4O11S/c1-2-27(15-8-13-7-14(10-15)11-16(27)9-13)44-26(37)22-18-12-17-21(22)25(36)43-24(17)23(18)42-20(35)4-3-19(34)41-6-5-28(30,31)29(32,33)45(38,39)40/h13-18,21-24H,2-12H2,1H3,(H,38,39,40)/p-1. The van der Waals surface area contributed by atoms with Gasteiger partial charge in [0, 0.05) is 11.8 Å². The van der Waals surface area contributed by atoms with Gasteiger partial charge in [0.05, 0.1) is 37.7 Å². The number of ether oxygens (including phenoxy) is 4. The second-order valence-corrected chi connectivity index (χ2v) is 15.1. The molecule has 0 spiro atoms. The van der Waals surface area contributed by atoms with Crippen molar-refractivity contribution in [3.63, 3.8) is 0 Å². The average molecular weight is 668 g/mol. The molecule has 6 bridgehead atoms. The van der Waals surface area contributed by atoms with Gasteiger partial charge < -0.3 is 23.5 Å². The summed E-state index contributed by atoms with van der Waals surface area (Å²) in [5.41, 5.74) is -0.579. The molecular formula is C29H35F4O11S-. The number of fused-ring (bicyclic) bond motifs is 1. The van der Waals surface area contributed by atoms with Gasteiger partial charge in [-0.05, 0) is 68.6 Å². The molecule has 0 aromatic heterocycles. The van der Waals surface area contributed by atoms with Gasteiger partial charge in [0.15, 0.2) is 10.1 Å². The Balaban J connectivity index is 1.04. The molecule has 45 heavy (non-hydrogen) atoms. The molecule has 252 valence electrons. The Morgan fingerprint density at radius 1 is 0.956 bits per heavy atom. The molecule has 16 heteroatoms. The Morgan fingerprint density at radius 3 is 2.13 bits per heavy atom. The first-order valence-electron chi connectivity index (χ1n) is 15.5. The largest absolute Gasteiger partial charge is 0.743 e. The van der Waals surface area contributed by atoms with Crippen LogP contribution in [0.4, 0.5) is 17.6 Å². The summed E-state index contributed by atoms with van der Waals surface area (Å²) in [5.74, 6) is -9.00. The smallest absolute Gasteiger partial charge is 0.396 e. The van der Waals surface area contributed by atoms with Crippen LogP contribution in [0.5, 0.6) is 0 Å². The predicted octanol–water partition coefficient (Wildman–Crippen LogP) is 3.34. The summed E-state index contributed by atoms with van der Waals surface area (Å²) >= 11 is 0.